The minimum Gasteiger partial charge on any atom is -0.504 e. The highest BCUT2D eigenvalue weighted by Crippen LogP contribution is 2.32. The molecule has 0 fully saturated rings. The maximum atomic E-state index is 9.34. The van der Waals surface area contributed by atoms with E-state index in [4.69, 9.17) is 22.1 Å². The van der Waals surface area contributed by atoms with Crippen molar-refractivity contribution in [3.8, 4) is 11.5 Å². The normalized spacial score (nSPS) is 10.1. The van der Waals surface area contributed by atoms with Crippen molar-refractivity contribution < 1.29 is 9.84 Å². The summed E-state index contributed by atoms with van der Waals surface area (Å²) in [6.45, 7) is 0.521. The Kier molecular flexibility index (Phi) is 3.39. The van der Waals surface area contributed by atoms with E-state index < -0.39 is 0 Å². The highest BCUT2D eigenvalue weighted by Gasteiger charge is 2.07. The van der Waals surface area contributed by atoms with Crippen molar-refractivity contribution in [3.63, 3.8) is 0 Å². The minimum atomic E-state index is 0.0493. The van der Waals surface area contributed by atoms with Crippen molar-refractivity contribution in [2.45, 2.75) is 6.42 Å². The van der Waals surface area contributed by atoms with Crippen LogP contribution in [-0.4, -0.2) is 18.8 Å². The number of phenols is 1. The first-order valence-electron chi connectivity index (χ1n) is 3.94. The van der Waals surface area contributed by atoms with Crippen LogP contribution in [0.5, 0.6) is 11.5 Å². The average molecular weight is 202 g/mol. The molecule has 0 heterocycles. The van der Waals surface area contributed by atoms with Crippen LogP contribution in [0.25, 0.3) is 0 Å². The Hall–Kier alpha value is -0.930. The molecule has 0 aromatic heterocycles. The number of phenolic OH excluding ortho intramolecular Hbond substituents is 1. The standard InChI is InChI=1S/C9H12ClNO2/c1-13-9-4-6(2-3-11)7(10)5-8(9)12/h4-5,12H,2-3,11H2,1H3. The molecule has 1 rings (SSSR count). The van der Waals surface area contributed by atoms with Crippen LogP contribution in [0, 0.1) is 0 Å². The van der Waals surface area contributed by atoms with E-state index in [1.54, 1.807) is 6.07 Å². The van der Waals surface area contributed by atoms with Gasteiger partial charge in [-0.1, -0.05) is 11.6 Å². The van der Waals surface area contributed by atoms with Gasteiger partial charge >= 0.3 is 0 Å². The number of benzene rings is 1. The molecule has 0 bridgehead atoms. The van der Waals surface area contributed by atoms with Crippen LogP contribution >= 0.6 is 11.6 Å². The molecule has 1 aromatic rings. The van der Waals surface area contributed by atoms with E-state index in [9.17, 15) is 5.11 Å². The number of nitrogens with two attached hydrogens (primary N) is 1. The second-order valence-electron chi connectivity index (χ2n) is 2.65. The Balaban J connectivity index is 3.06. The van der Waals surface area contributed by atoms with Gasteiger partial charge in [0.2, 0.25) is 0 Å². The fraction of sp³-hybridized carbons (Fsp3) is 0.333. The predicted octanol–water partition coefficient (Wildman–Crippen LogP) is 1.56. The van der Waals surface area contributed by atoms with E-state index in [0.29, 0.717) is 23.7 Å². The highest BCUT2D eigenvalue weighted by atomic mass is 35.5. The van der Waals surface area contributed by atoms with Gasteiger partial charge in [-0.3, -0.25) is 0 Å². The maximum Gasteiger partial charge on any atom is 0.160 e. The molecule has 0 radical (unpaired) electrons. The van der Waals surface area contributed by atoms with E-state index in [-0.39, 0.29) is 5.75 Å². The van der Waals surface area contributed by atoms with Crippen molar-refractivity contribution in [2.24, 2.45) is 5.73 Å². The number of methoxy groups -OCH3 is 1. The largest absolute Gasteiger partial charge is 0.504 e. The molecule has 72 valence electrons. The van der Waals surface area contributed by atoms with Crippen molar-refractivity contribution in [3.05, 3.63) is 22.7 Å². The summed E-state index contributed by atoms with van der Waals surface area (Å²) in [7, 11) is 1.50. The van der Waals surface area contributed by atoms with Gasteiger partial charge in [-0.2, -0.15) is 0 Å². The lowest BCUT2D eigenvalue weighted by Gasteiger charge is -2.07. The number of aromatic hydroxyl groups is 1. The van der Waals surface area contributed by atoms with E-state index in [1.165, 1.54) is 13.2 Å². The SMILES string of the molecule is COc1cc(CCN)c(Cl)cc1O. The van der Waals surface area contributed by atoms with Gasteiger partial charge in [-0.15, -0.1) is 0 Å². The monoisotopic (exact) mass is 201 g/mol. The Morgan fingerprint density at radius 3 is 2.77 bits per heavy atom. The molecule has 4 heteroatoms. The summed E-state index contributed by atoms with van der Waals surface area (Å²) in [6.07, 6.45) is 0.676. The van der Waals surface area contributed by atoms with Gasteiger partial charge in [0.05, 0.1) is 7.11 Å². The molecule has 0 aliphatic heterocycles. The first-order valence-corrected chi connectivity index (χ1v) is 4.32. The zero-order valence-corrected chi connectivity index (χ0v) is 8.14. The van der Waals surface area contributed by atoms with Gasteiger partial charge in [-0.05, 0) is 24.6 Å². The van der Waals surface area contributed by atoms with Gasteiger partial charge < -0.3 is 15.6 Å². The van der Waals surface area contributed by atoms with Gasteiger partial charge in [0, 0.05) is 11.1 Å². The predicted molar refractivity (Wildman–Crippen MR) is 52.4 cm³/mol. The molecular weight excluding hydrogens is 190 g/mol. The number of hydrogen-bond donors (Lipinski definition) is 2. The smallest absolute Gasteiger partial charge is 0.160 e. The lowest BCUT2D eigenvalue weighted by atomic mass is 10.1. The molecule has 13 heavy (non-hydrogen) atoms. The van der Waals surface area contributed by atoms with Crippen LogP contribution in [0.1, 0.15) is 5.56 Å². The molecule has 0 amide bonds. The summed E-state index contributed by atoms with van der Waals surface area (Å²) < 4.78 is 4.94. The van der Waals surface area contributed by atoms with Gasteiger partial charge in [0.15, 0.2) is 11.5 Å². The Morgan fingerprint density at radius 1 is 1.54 bits per heavy atom. The molecule has 0 saturated heterocycles. The number of halogens is 1. The van der Waals surface area contributed by atoms with Gasteiger partial charge in [-0.25, -0.2) is 0 Å². The first-order chi connectivity index (χ1) is 6.19. The molecule has 0 atom stereocenters. The van der Waals surface area contributed by atoms with Crippen LogP contribution in [0.15, 0.2) is 12.1 Å². The summed E-state index contributed by atoms with van der Waals surface area (Å²) in [5.74, 6) is 0.473. The van der Waals surface area contributed by atoms with E-state index in [2.05, 4.69) is 0 Å². The lowest BCUT2D eigenvalue weighted by molar-refractivity contribution is 0.373. The van der Waals surface area contributed by atoms with Gasteiger partial charge in [0.1, 0.15) is 0 Å². The molecule has 3 nitrogen and oxygen atoms in total. The molecule has 0 aliphatic carbocycles. The molecule has 0 spiro atoms. The molecule has 3 N–H and O–H groups in total. The number of hydrogen-bond acceptors (Lipinski definition) is 3. The second-order valence-corrected chi connectivity index (χ2v) is 3.06. The summed E-state index contributed by atoms with van der Waals surface area (Å²) in [5.41, 5.74) is 6.28. The Bertz CT molecular complexity index is 302. The summed E-state index contributed by atoms with van der Waals surface area (Å²) in [6, 6.07) is 3.16. The molecule has 1 aromatic carbocycles. The van der Waals surface area contributed by atoms with Crippen molar-refractivity contribution in [1.29, 1.82) is 0 Å². The molecule has 0 saturated carbocycles. The fourth-order valence-corrected chi connectivity index (χ4v) is 1.35. The first kappa shape index (κ1) is 10.2. The van der Waals surface area contributed by atoms with Crippen molar-refractivity contribution in [1.82, 2.24) is 0 Å². The average Bonchev–Trinajstić information content (AvgIpc) is 2.10. The van der Waals surface area contributed by atoms with Crippen LogP contribution in [-0.2, 0) is 6.42 Å². The Morgan fingerprint density at radius 2 is 2.23 bits per heavy atom. The third-order valence-corrected chi connectivity index (χ3v) is 2.11. The number of rotatable bonds is 3. The minimum absolute atomic E-state index is 0.0493. The quantitative estimate of drug-likeness (QED) is 0.781. The third-order valence-electron chi connectivity index (χ3n) is 1.76. The van der Waals surface area contributed by atoms with Gasteiger partial charge in [0.25, 0.3) is 0 Å². The van der Waals surface area contributed by atoms with Crippen LogP contribution < -0.4 is 10.5 Å². The van der Waals surface area contributed by atoms with Crippen molar-refractivity contribution >= 4 is 11.6 Å². The highest BCUT2D eigenvalue weighted by molar-refractivity contribution is 6.31. The topological polar surface area (TPSA) is 55.5 Å². The zero-order chi connectivity index (χ0) is 9.84. The van der Waals surface area contributed by atoms with E-state index >= 15 is 0 Å². The van der Waals surface area contributed by atoms with Crippen molar-refractivity contribution in [2.75, 3.05) is 13.7 Å². The molecule has 0 unspecified atom stereocenters. The molecular formula is C9H12ClNO2. The number of ether oxygens (including phenoxy) is 1. The third kappa shape index (κ3) is 2.26. The Labute approximate surface area is 82.1 Å². The summed E-state index contributed by atoms with van der Waals surface area (Å²) in [4.78, 5) is 0. The fourth-order valence-electron chi connectivity index (χ4n) is 1.10. The maximum absolute atomic E-state index is 9.34. The summed E-state index contributed by atoms with van der Waals surface area (Å²) >= 11 is 5.87. The second kappa shape index (κ2) is 4.35. The van der Waals surface area contributed by atoms with E-state index in [1.807, 2.05) is 0 Å². The van der Waals surface area contributed by atoms with E-state index in [0.717, 1.165) is 5.56 Å². The zero-order valence-electron chi connectivity index (χ0n) is 7.38. The molecule has 0 aliphatic rings. The van der Waals surface area contributed by atoms with Crippen LogP contribution in [0.4, 0.5) is 0 Å². The van der Waals surface area contributed by atoms with Crippen LogP contribution in [0.3, 0.4) is 0 Å². The summed E-state index contributed by atoms with van der Waals surface area (Å²) in [5, 5.41) is 9.86. The lowest BCUT2D eigenvalue weighted by Crippen LogP contribution is -2.03. The van der Waals surface area contributed by atoms with Crippen LogP contribution in [0.2, 0.25) is 5.02 Å².